The van der Waals surface area contributed by atoms with Crippen LogP contribution in [0, 0.1) is 5.92 Å². The second-order valence-corrected chi connectivity index (χ2v) is 13.7. The van der Waals surface area contributed by atoms with Crippen LogP contribution in [0.4, 0.5) is 0 Å². The van der Waals surface area contributed by atoms with E-state index >= 15 is 0 Å². The van der Waals surface area contributed by atoms with Gasteiger partial charge in [-0.25, -0.2) is 0 Å². The molecular weight excluding hydrogens is 328 g/mol. The average Bonchev–Trinajstić information content (AvgIpc) is 2.78. The molecule has 1 fully saturated rings. The van der Waals surface area contributed by atoms with Crippen molar-refractivity contribution in [2.75, 3.05) is 0 Å². The number of benzene rings is 1. The van der Waals surface area contributed by atoms with Gasteiger partial charge in [0.05, 0.1) is 12.0 Å². The van der Waals surface area contributed by atoms with Gasteiger partial charge in [0, 0.05) is 0 Å². The fourth-order valence-electron chi connectivity index (χ4n) is 4.69. The maximum atomic E-state index is 12.5. The number of hydrogen-bond acceptors (Lipinski definition) is 3. The SMILES string of the molecule is CC(C)[Si](O[C@H]1[C@H](C)OC(=O)[C@@H]1Cc1ccccc1)(C(C)C)C(C)C. The first-order valence-corrected chi connectivity index (χ1v) is 11.8. The van der Waals surface area contributed by atoms with Crippen LogP contribution in [0.2, 0.25) is 16.6 Å². The van der Waals surface area contributed by atoms with E-state index in [4.69, 9.17) is 9.16 Å². The molecule has 0 saturated carbocycles. The summed E-state index contributed by atoms with van der Waals surface area (Å²) in [6.45, 7) is 15.7. The van der Waals surface area contributed by atoms with E-state index in [1.165, 1.54) is 0 Å². The van der Waals surface area contributed by atoms with Crippen LogP contribution in [0.15, 0.2) is 30.3 Å². The minimum absolute atomic E-state index is 0.111. The Morgan fingerprint density at radius 1 is 1.00 bits per heavy atom. The number of esters is 1. The van der Waals surface area contributed by atoms with E-state index < -0.39 is 8.32 Å². The molecule has 1 heterocycles. The molecular formula is C21H34O3Si. The molecule has 2 rings (SSSR count). The van der Waals surface area contributed by atoms with Gasteiger partial charge >= 0.3 is 5.97 Å². The first-order valence-electron chi connectivity index (χ1n) is 9.62. The molecule has 4 heteroatoms. The molecule has 1 aromatic carbocycles. The summed E-state index contributed by atoms with van der Waals surface area (Å²) in [5.74, 6) is -0.318. The van der Waals surface area contributed by atoms with E-state index in [2.05, 4.69) is 53.7 Å². The molecule has 1 aromatic rings. The van der Waals surface area contributed by atoms with Crippen LogP contribution in [-0.2, 0) is 20.4 Å². The van der Waals surface area contributed by atoms with E-state index in [9.17, 15) is 4.79 Å². The van der Waals surface area contributed by atoms with Gasteiger partial charge in [-0.1, -0.05) is 71.9 Å². The Kier molecular flexibility index (Phi) is 6.49. The van der Waals surface area contributed by atoms with Crippen molar-refractivity contribution in [3.8, 4) is 0 Å². The van der Waals surface area contributed by atoms with Crippen molar-refractivity contribution in [2.24, 2.45) is 5.92 Å². The van der Waals surface area contributed by atoms with Crippen LogP contribution < -0.4 is 0 Å². The van der Waals surface area contributed by atoms with Gasteiger partial charge in [-0.05, 0) is 35.5 Å². The Morgan fingerprint density at radius 3 is 2.00 bits per heavy atom. The Morgan fingerprint density at radius 2 is 1.52 bits per heavy atom. The summed E-state index contributed by atoms with van der Waals surface area (Å²) in [4.78, 5) is 12.5. The Labute approximate surface area is 154 Å². The zero-order chi connectivity index (χ0) is 18.8. The highest BCUT2D eigenvalue weighted by molar-refractivity contribution is 6.77. The quantitative estimate of drug-likeness (QED) is 0.484. The van der Waals surface area contributed by atoms with Crippen LogP contribution in [0.1, 0.15) is 54.0 Å². The smallest absolute Gasteiger partial charge is 0.312 e. The number of hydrogen-bond donors (Lipinski definition) is 0. The topological polar surface area (TPSA) is 35.5 Å². The second-order valence-electron chi connectivity index (χ2n) is 8.34. The van der Waals surface area contributed by atoms with Crippen molar-refractivity contribution in [1.82, 2.24) is 0 Å². The number of cyclic esters (lactones) is 1. The van der Waals surface area contributed by atoms with Gasteiger partial charge < -0.3 is 9.16 Å². The molecule has 140 valence electrons. The Bertz CT molecular complexity index is 546. The van der Waals surface area contributed by atoms with Gasteiger partial charge in [0.15, 0.2) is 0 Å². The lowest BCUT2D eigenvalue weighted by Crippen LogP contribution is -2.52. The third kappa shape index (κ3) is 4.00. The fourth-order valence-corrected chi connectivity index (χ4v) is 10.3. The van der Waals surface area contributed by atoms with Crippen LogP contribution in [0.25, 0.3) is 0 Å². The summed E-state index contributed by atoms with van der Waals surface area (Å²) in [5, 5.41) is 0. The van der Waals surface area contributed by atoms with E-state index in [0.717, 1.165) is 5.56 Å². The van der Waals surface area contributed by atoms with Gasteiger partial charge in [0.2, 0.25) is 8.32 Å². The van der Waals surface area contributed by atoms with Crippen LogP contribution in [0.3, 0.4) is 0 Å². The standard InChI is InChI=1S/C21H34O3Si/c1-14(2)25(15(3)4,16(5)6)24-20-17(7)23-21(22)19(20)13-18-11-9-8-10-12-18/h8-12,14-17,19-20H,13H2,1-7H3/t17-,19+,20-/m0/s1. The lowest BCUT2D eigenvalue weighted by Gasteiger charge is -2.45. The van der Waals surface area contributed by atoms with Crippen molar-refractivity contribution in [1.29, 1.82) is 0 Å². The molecule has 0 amide bonds. The molecule has 0 spiro atoms. The Balaban J connectivity index is 2.31. The number of carbonyl (C=O) groups is 1. The minimum Gasteiger partial charge on any atom is -0.460 e. The predicted molar refractivity (Wildman–Crippen MR) is 105 cm³/mol. The van der Waals surface area contributed by atoms with E-state index in [-0.39, 0.29) is 24.1 Å². The zero-order valence-electron chi connectivity index (χ0n) is 16.8. The lowest BCUT2D eigenvalue weighted by atomic mass is 9.94. The fraction of sp³-hybridized carbons (Fsp3) is 0.667. The second kappa shape index (κ2) is 8.04. The molecule has 1 aliphatic heterocycles. The largest absolute Gasteiger partial charge is 0.460 e. The highest BCUT2D eigenvalue weighted by Crippen LogP contribution is 2.45. The van der Waals surface area contributed by atoms with Crippen molar-refractivity contribution in [3.63, 3.8) is 0 Å². The molecule has 0 unspecified atom stereocenters. The average molecular weight is 363 g/mol. The van der Waals surface area contributed by atoms with Gasteiger partial charge in [0.1, 0.15) is 6.10 Å². The van der Waals surface area contributed by atoms with Crippen LogP contribution in [0.5, 0.6) is 0 Å². The number of carbonyl (C=O) groups excluding carboxylic acids is 1. The molecule has 0 N–H and O–H groups in total. The maximum Gasteiger partial charge on any atom is 0.312 e. The third-order valence-electron chi connectivity index (χ3n) is 5.81. The minimum atomic E-state index is -2.06. The summed E-state index contributed by atoms with van der Waals surface area (Å²) in [6.07, 6.45) is 0.365. The molecule has 3 nitrogen and oxygen atoms in total. The molecule has 1 saturated heterocycles. The monoisotopic (exact) mass is 362 g/mol. The summed E-state index contributed by atoms with van der Waals surface area (Å²) in [7, 11) is -2.06. The molecule has 0 aliphatic carbocycles. The maximum absolute atomic E-state index is 12.5. The predicted octanol–water partition coefficient (Wildman–Crippen LogP) is 5.35. The van der Waals surface area contributed by atoms with Crippen molar-refractivity contribution in [2.45, 2.75) is 83.7 Å². The summed E-state index contributed by atoms with van der Waals surface area (Å²) in [5.41, 5.74) is 2.64. The third-order valence-corrected chi connectivity index (χ3v) is 11.9. The van der Waals surface area contributed by atoms with Gasteiger partial charge in [-0.2, -0.15) is 0 Å². The molecule has 1 aliphatic rings. The number of rotatable bonds is 7. The van der Waals surface area contributed by atoms with Crippen molar-refractivity contribution < 1.29 is 14.0 Å². The molecule has 25 heavy (non-hydrogen) atoms. The molecule has 0 aromatic heterocycles. The van der Waals surface area contributed by atoms with Gasteiger partial charge in [-0.15, -0.1) is 0 Å². The Hall–Kier alpha value is -1.13. The molecule has 0 bridgehead atoms. The highest BCUT2D eigenvalue weighted by atomic mass is 28.4. The summed E-state index contributed by atoms with van der Waals surface area (Å²) in [6, 6.07) is 10.2. The molecule has 3 atom stereocenters. The highest BCUT2D eigenvalue weighted by Gasteiger charge is 2.52. The zero-order valence-corrected chi connectivity index (χ0v) is 17.8. The van der Waals surface area contributed by atoms with Crippen LogP contribution >= 0.6 is 0 Å². The first-order chi connectivity index (χ1) is 11.7. The summed E-state index contributed by atoms with van der Waals surface area (Å²) >= 11 is 0. The van der Waals surface area contributed by atoms with Gasteiger partial charge in [0.25, 0.3) is 0 Å². The molecule has 0 radical (unpaired) electrons. The number of ether oxygens (including phenoxy) is 1. The van der Waals surface area contributed by atoms with E-state index in [1.807, 2.05) is 25.1 Å². The lowest BCUT2D eigenvalue weighted by molar-refractivity contribution is -0.143. The normalized spacial score (nSPS) is 24.4. The first kappa shape index (κ1) is 20.2. The van der Waals surface area contributed by atoms with Crippen LogP contribution in [-0.4, -0.2) is 26.5 Å². The van der Waals surface area contributed by atoms with E-state index in [1.54, 1.807) is 0 Å². The summed E-state index contributed by atoms with van der Waals surface area (Å²) < 4.78 is 12.5. The van der Waals surface area contributed by atoms with Crippen molar-refractivity contribution in [3.05, 3.63) is 35.9 Å². The van der Waals surface area contributed by atoms with E-state index in [0.29, 0.717) is 23.0 Å². The van der Waals surface area contributed by atoms with Gasteiger partial charge in [-0.3, -0.25) is 4.79 Å². The van der Waals surface area contributed by atoms with Crippen molar-refractivity contribution >= 4 is 14.3 Å².